The lowest BCUT2D eigenvalue weighted by molar-refractivity contribution is 0.0954. The van der Waals surface area contributed by atoms with Crippen LogP contribution in [0.2, 0.25) is 0 Å². The molecule has 0 atom stereocenters. The number of nitrogens with two attached hydrogens (primary N) is 1. The summed E-state index contributed by atoms with van der Waals surface area (Å²) in [6.45, 7) is 5.64. The molecule has 5 heteroatoms. The van der Waals surface area contributed by atoms with Crippen LogP contribution in [0.25, 0.3) is 0 Å². The minimum atomic E-state index is -0.315. The molecule has 5 nitrogen and oxygen atoms in total. The topological polar surface area (TPSA) is 71.2 Å². The van der Waals surface area contributed by atoms with Gasteiger partial charge < -0.3 is 4.90 Å². The number of hydrogen-bond acceptors (Lipinski definition) is 4. The molecule has 0 aliphatic rings. The molecular formula is C10H16N4O. The highest BCUT2D eigenvalue weighted by Gasteiger charge is 2.14. The molecule has 0 bridgehead atoms. The Kier molecular flexibility index (Phi) is 4.05. The van der Waals surface area contributed by atoms with Crippen LogP contribution in [0.1, 0.15) is 24.2 Å². The number of nitrogens with zero attached hydrogens (tertiary/aromatic N) is 2. The highest BCUT2D eigenvalue weighted by atomic mass is 16.2. The molecule has 82 valence electrons. The van der Waals surface area contributed by atoms with Gasteiger partial charge in [-0.1, -0.05) is 0 Å². The molecule has 0 aromatic carbocycles. The Bertz CT molecular complexity index is 336. The summed E-state index contributed by atoms with van der Waals surface area (Å²) < 4.78 is 0. The Labute approximate surface area is 89.3 Å². The lowest BCUT2D eigenvalue weighted by Crippen LogP contribution is -2.33. The van der Waals surface area contributed by atoms with Gasteiger partial charge in [-0.25, -0.2) is 10.8 Å². The number of hydrazine groups is 1. The van der Waals surface area contributed by atoms with E-state index in [9.17, 15) is 4.79 Å². The molecule has 1 heterocycles. The first-order valence-corrected chi connectivity index (χ1v) is 4.95. The van der Waals surface area contributed by atoms with Crippen molar-refractivity contribution in [1.29, 1.82) is 0 Å². The van der Waals surface area contributed by atoms with Crippen molar-refractivity contribution in [2.24, 2.45) is 5.84 Å². The van der Waals surface area contributed by atoms with Crippen molar-refractivity contribution in [2.45, 2.75) is 13.8 Å². The number of nitrogen functional groups attached to an aromatic ring is 1. The monoisotopic (exact) mass is 208 g/mol. The summed E-state index contributed by atoms with van der Waals surface area (Å²) in [6, 6.07) is 3.43. The Hall–Kier alpha value is -1.62. The van der Waals surface area contributed by atoms with E-state index in [1.54, 1.807) is 18.3 Å². The molecular weight excluding hydrogens is 192 g/mol. The summed E-state index contributed by atoms with van der Waals surface area (Å²) in [5.74, 6) is 5.47. The fraction of sp³-hybridized carbons (Fsp3) is 0.400. The zero-order chi connectivity index (χ0) is 11.3. The number of hydrogen-bond donors (Lipinski definition) is 2. The van der Waals surface area contributed by atoms with E-state index in [1.165, 1.54) is 0 Å². The largest absolute Gasteiger partial charge is 0.357 e. The van der Waals surface area contributed by atoms with Crippen LogP contribution < -0.4 is 16.2 Å². The van der Waals surface area contributed by atoms with E-state index < -0.39 is 0 Å². The van der Waals surface area contributed by atoms with Gasteiger partial charge >= 0.3 is 0 Å². The number of carbonyl (C=O) groups excluding carboxylic acids is 1. The van der Waals surface area contributed by atoms with Gasteiger partial charge in [0.2, 0.25) is 0 Å². The molecule has 0 fully saturated rings. The molecule has 0 saturated heterocycles. The summed E-state index contributed by atoms with van der Waals surface area (Å²) in [7, 11) is 0. The molecule has 1 aromatic heterocycles. The van der Waals surface area contributed by atoms with E-state index in [2.05, 4.69) is 10.4 Å². The number of aromatic nitrogens is 1. The van der Waals surface area contributed by atoms with Crippen molar-refractivity contribution in [2.75, 3.05) is 18.0 Å². The lowest BCUT2D eigenvalue weighted by atomic mass is 10.2. The molecule has 0 spiro atoms. The second-order valence-electron chi connectivity index (χ2n) is 3.02. The summed E-state index contributed by atoms with van der Waals surface area (Å²) in [5, 5.41) is 0. The average molecular weight is 208 g/mol. The Morgan fingerprint density at radius 2 is 2.20 bits per heavy atom. The summed E-state index contributed by atoms with van der Waals surface area (Å²) in [6.07, 6.45) is 1.67. The fourth-order valence-electron chi connectivity index (χ4n) is 1.43. The van der Waals surface area contributed by atoms with E-state index in [0.717, 1.165) is 13.1 Å². The minimum Gasteiger partial charge on any atom is -0.357 e. The van der Waals surface area contributed by atoms with Gasteiger partial charge in [0, 0.05) is 19.3 Å². The van der Waals surface area contributed by atoms with E-state index in [-0.39, 0.29) is 5.91 Å². The predicted octanol–water partition coefficient (Wildman–Crippen LogP) is 0.531. The smallest absolute Gasteiger partial charge is 0.268 e. The highest BCUT2D eigenvalue weighted by molar-refractivity contribution is 5.98. The van der Waals surface area contributed by atoms with Gasteiger partial charge in [-0.2, -0.15) is 0 Å². The zero-order valence-electron chi connectivity index (χ0n) is 9.03. The molecule has 0 aliphatic heterocycles. The second-order valence-corrected chi connectivity index (χ2v) is 3.02. The van der Waals surface area contributed by atoms with Crippen LogP contribution in [0.15, 0.2) is 18.3 Å². The van der Waals surface area contributed by atoms with E-state index in [4.69, 9.17) is 5.84 Å². The zero-order valence-corrected chi connectivity index (χ0v) is 9.03. The first-order valence-electron chi connectivity index (χ1n) is 4.95. The Morgan fingerprint density at radius 3 is 2.73 bits per heavy atom. The third kappa shape index (κ3) is 2.44. The number of anilines is 1. The summed E-state index contributed by atoms with van der Waals surface area (Å²) in [4.78, 5) is 17.7. The number of amides is 1. The van der Waals surface area contributed by atoms with E-state index in [0.29, 0.717) is 11.4 Å². The van der Waals surface area contributed by atoms with Crippen LogP contribution in [0.5, 0.6) is 0 Å². The van der Waals surface area contributed by atoms with Crippen molar-refractivity contribution >= 4 is 11.7 Å². The molecule has 3 N–H and O–H groups in total. The van der Waals surface area contributed by atoms with Gasteiger partial charge in [-0.05, 0) is 26.0 Å². The summed E-state index contributed by atoms with van der Waals surface area (Å²) >= 11 is 0. The average Bonchev–Trinajstić information content (AvgIpc) is 2.30. The molecule has 0 aliphatic carbocycles. The standard InChI is InChI=1S/C10H16N4O/c1-3-14(4-2)9-8(10(15)13-11)6-5-7-12-9/h5-7H,3-4,11H2,1-2H3,(H,13,15). The molecule has 15 heavy (non-hydrogen) atoms. The Balaban J connectivity index is 3.10. The molecule has 0 radical (unpaired) electrons. The minimum absolute atomic E-state index is 0.315. The number of carbonyl (C=O) groups is 1. The molecule has 0 unspecified atom stereocenters. The first kappa shape index (κ1) is 11.5. The highest BCUT2D eigenvalue weighted by Crippen LogP contribution is 2.16. The SMILES string of the molecule is CCN(CC)c1ncccc1C(=O)NN. The van der Waals surface area contributed by atoms with Crippen molar-refractivity contribution in [1.82, 2.24) is 10.4 Å². The number of nitrogens with one attached hydrogen (secondary N) is 1. The molecule has 1 rings (SSSR count). The van der Waals surface area contributed by atoms with Gasteiger partial charge in [-0.3, -0.25) is 10.2 Å². The normalized spacial score (nSPS) is 9.80. The maximum Gasteiger partial charge on any atom is 0.268 e. The molecule has 1 aromatic rings. The van der Waals surface area contributed by atoms with Crippen LogP contribution in [0.3, 0.4) is 0 Å². The van der Waals surface area contributed by atoms with Crippen LogP contribution in [0, 0.1) is 0 Å². The van der Waals surface area contributed by atoms with Crippen molar-refractivity contribution in [3.8, 4) is 0 Å². The van der Waals surface area contributed by atoms with Gasteiger partial charge in [-0.15, -0.1) is 0 Å². The third-order valence-corrected chi connectivity index (χ3v) is 2.23. The van der Waals surface area contributed by atoms with Gasteiger partial charge in [0.1, 0.15) is 5.82 Å². The van der Waals surface area contributed by atoms with E-state index >= 15 is 0 Å². The quantitative estimate of drug-likeness (QED) is 0.430. The van der Waals surface area contributed by atoms with Gasteiger partial charge in [0.25, 0.3) is 5.91 Å². The fourth-order valence-corrected chi connectivity index (χ4v) is 1.43. The van der Waals surface area contributed by atoms with Crippen molar-refractivity contribution < 1.29 is 4.79 Å². The third-order valence-electron chi connectivity index (χ3n) is 2.23. The summed E-state index contributed by atoms with van der Waals surface area (Å²) in [5.41, 5.74) is 2.62. The van der Waals surface area contributed by atoms with E-state index in [1.807, 2.05) is 18.7 Å². The van der Waals surface area contributed by atoms with Crippen LogP contribution in [0.4, 0.5) is 5.82 Å². The van der Waals surface area contributed by atoms with Crippen LogP contribution in [-0.4, -0.2) is 24.0 Å². The van der Waals surface area contributed by atoms with Gasteiger partial charge in [0.05, 0.1) is 5.56 Å². The molecule has 1 amide bonds. The predicted molar refractivity (Wildman–Crippen MR) is 59.5 cm³/mol. The lowest BCUT2D eigenvalue weighted by Gasteiger charge is -2.21. The molecule has 0 saturated carbocycles. The number of rotatable bonds is 4. The number of pyridine rings is 1. The Morgan fingerprint density at radius 1 is 1.53 bits per heavy atom. The van der Waals surface area contributed by atoms with Crippen LogP contribution >= 0.6 is 0 Å². The maximum atomic E-state index is 11.5. The maximum absolute atomic E-state index is 11.5. The second kappa shape index (κ2) is 5.31. The first-order chi connectivity index (χ1) is 7.24. The van der Waals surface area contributed by atoms with Crippen molar-refractivity contribution in [3.05, 3.63) is 23.9 Å². The van der Waals surface area contributed by atoms with Gasteiger partial charge in [0.15, 0.2) is 0 Å². The van der Waals surface area contributed by atoms with Crippen LogP contribution in [-0.2, 0) is 0 Å². The van der Waals surface area contributed by atoms with Crippen molar-refractivity contribution in [3.63, 3.8) is 0 Å².